The molecule has 0 saturated carbocycles. The highest BCUT2D eigenvalue weighted by Gasteiger charge is 2.43. The van der Waals surface area contributed by atoms with E-state index in [0.29, 0.717) is 0 Å². The summed E-state index contributed by atoms with van der Waals surface area (Å²) in [6.45, 7) is 11.3. The van der Waals surface area contributed by atoms with E-state index >= 15 is 0 Å². The number of rotatable bonds is 4. The quantitative estimate of drug-likeness (QED) is 0.724. The molecule has 2 aliphatic heterocycles. The van der Waals surface area contributed by atoms with Gasteiger partial charge in [0.15, 0.2) is 0 Å². The van der Waals surface area contributed by atoms with E-state index < -0.39 is 0 Å². The van der Waals surface area contributed by atoms with E-state index in [1.165, 1.54) is 64.3 Å². The summed E-state index contributed by atoms with van der Waals surface area (Å²) >= 11 is 0. The number of nitrogens with zero attached hydrogens (tertiary/aromatic N) is 2. The molecular weight excluding hydrogens is 320 g/mol. The summed E-state index contributed by atoms with van der Waals surface area (Å²) < 4.78 is 0. The minimum Gasteiger partial charge on any atom is -0.314 e. The molecule has 0 aromatic carbocycles. The molecule has 4 nitrogen and oxygen atoms in total. The van der Waals surface area contributed by atoms with Crippen LogP contribution in [-0.4, -0.2) is 62.8 Å². The maximum Gasteiger partial charge on any atom is 0.0708 e. The van der Waals surface area contributed by atoms with Crippen LogP contribution in [0.15, 0.2) is 0 Å². The maximum absolute atomic E-state index is 6.22. The van der Waals surface area contributed by atoms with Crippen LogP contribution in [0.1, 0.15) is 85.5 Å². The van der Waals surface area contributed by atoms with Crippen molar-refractivity contribution >= 4 is 0 Å². The molecule has 0 amide bonds. The minimum atomic E-state index is -0.134. The van der Waals surface area contributed by atoms with Gasteiger partial charge in [0.05, 0.1) is 5.66 Å². The van der Waals surface area contributed by atoms with Crippen molar-refractivity contribution in [1.29, 1.82) is 0 Å². The number of hydrogen-bond acceptors (Lipinski definition) is 4. The predicted molar refractivity (Wildman–Crippen MR) is 118 cm³/mol. The zero-order valence-electron chi connectivity index (χ0n) is 19.3. The molecule has 2 fully saturated rings. The average Bonchev–Trinajstić information content (AvgIpc) is 2.54. The molecule has 4 heteroatoms. The standard InChI is InChI=1S/C10H21N.C9H20N2.C3H9N/c1-2-3-4-7-10-8-5-6-9-11-10;1-8(2)6-5-7-11(4)9(8,3)10;1-4(2)3/h10-11H,2-9H2,1H3;5-7,10H2,1-4H3;1-3H3. The van der Waals surface area contributed by atoms with Crippen LogP contribution in [-0.2, 0) is 0 Å². The molecule has 0 aromatic heterocycles. The maximum atomic E-state index is 6.22. The molecular formula is C22H50N4. The van der Waals surface area contributed by atoms with Gasteiger partial charge in [-0.3, -0.25) is 4.90 Å². The number of unbranched alkanes of at least 4 members (excludes halogenated alkanes) is 2. The summed E-state index contributed by atoms with van der Waals surface area (Å²) in [5.41, 5.74) is 6.34. The van der Waals surface area contributed by atoms with Gasteiger partial charge >= 0.3 is 0 Å². The van der Waals surface area contributed by atoms with E-state index in [9.17, 15) is 0 Å². The molecule has 3 N–H and O–H groups in total. The Morgan fingerprint density at radius 2 is 1.69 bits per heavy atom. The van der Waals surface area contributed by atoms with Gasteiger partial charge in [-0.2, -0.15) is 0 Å². The van der Waals surface area contributed by atoms with Crippen molar-refractivity contribution in [3.63, 3.8) is 0 Å². The lowest BCUT2D eigenvalue weighted by Crippen LogP contribution is -2.63. The molecule has 2 saturated heterocycles. The van der Waals surface area contributed by atoms with Crippen LogP contribution in [0.5, 0.6) is 0 Å². The fourth-order valence-corrected chi connectivity index (χ4v) is 3.57. The van der Waals surface area contributed by atoms with Crippen LogP contribution >= 0.6 is 0 Å². The van der Waals surface area contributed by atoms with E-state index in [4.69, 9.17) is 5.73 Å². The van der Waals surface area contributed by atoms with Gasteiger partial charge in [-0.1, -0.05) is 46.5 Å². The SMILES string of the molecule is CCCCCC1CCCCN1.CN(C)C.CN1CCCC(C)(C)C1(C)N. The first-order valence-corrected chi connectivity index (χ1v) is 10.9. The largest absolute Gasteiger partial charge is 0.314 e. The zero-order chi connectivity index (χ0) is 20.2. The van der Waals surface area contributed by atoms with Gasteiger partial charge in [-0.15, -0.1) is 0 Å². The van der Waals surface area contributed by atoms with Crippen molar-refractivity contribution in [2.24, 2.45) is 11.1 Å². The Morgan fingerprint density at radius 1 is 1.08 bits per heavy atom. The van der Waals surface area contributed by atoms with Crippen molar-refractivity contribution in [2.45, 2.75) is 97.2 Å². The van der Waals surface area contributed by atoms with Gasteiger partial charge < -0.3 is 16.0 Å². The van der Waals surface area contributed by atoms with E-state index in [2.05, 4.69) is 45.0 Å². The first kappa shape index (κ1) is 25.8. The number of nitrogens with two attached hydrogens (primary N) is 1. The molecule has 2 atom stereocenters. The second-order valence-corrected chi connectivity index (χ2v) is 9.54. The van der Waals surface area contributed by atoms with Crippen molar-refractivity contribution in [3.05, 3.63) is 0 Å². The smallest absolute Gasteiger partial charge is 0.0708 e. The Labute approximate surface area is 165 Å². The Bertz CT molecular complexity index is 330. The van der Waals surface area contributed by atoms with Crippen LogP contribution < -0.4 is 11.1 Å². The molecule has 26 heavy (non-hydrogen) atoms. The number of hydrogen-bond donors (Lipinski definition) is 2. The third kappa shape index (κ3) is 10.2. The Balaban J connectivity index is 0.000000401. The fraction of sp³-hybridized carbons (Fsp3) is 1.00. The monoisotopic (exact) mass is 370 g/mol. The second kappa shape index (κ2) is 13.1. The summed E-state index contributed by atoms with van der Waals surface area (Å²) in [6, 6.07) is 0.857. The van der Waals surface area contributed by atoms with Gasteiger partial charge in [0.2, 0.25) is 0 Å². The highest BCUT2D eigenvalue weighted by molar-refractivity contribution is 4.95. The van der Waals surface area contributed by atoms with E-state index in [1.807, 2.05) is 26.0 Å². The van der Waals surface area contributed by atoms with E-state index in [1.54, 1.807) is 0 Å². The van der Waals surface area contributed by atoms with Crippen molar-refractivity contribution < 1.29 is 0 Å². The molecule has 0 aliphatic carbocycles. The first-order chi connectivity index (χ1) is 12.0. The number of piperidine rings is 2. The molecule has 2 aliphatic rings. The molecule has 2 heterocycles. The highest BCUT2D eigenvalue weighted by Crippen LogP contribution is 2.38. The second-order valence-electron chi connectivity index (χ2n) is 9.54. The van der Waals surface area contributed by atoms with E-state index in [-0.39, 0.29) is 11.1 Å². The van der Waals surface area contributed by atoms with Crippen molar-refractivity contribution in [2.75, 3.05) is 41.3 Å². The lowest BCUT2D eigenvalue weighted by atomic mass is 9.73. The van der Waals surface area contributed by atoms with Gasteiger partial charge in [0.1, 0.15) is 0 Å². The van der Waals surface area contributed by atoms with Crippen LogP contribution in [0.4, 0.5) is 0 Å². The van der Waals surface area contributed by atoms with Gasteiger partial charge in [-0.25, -0.2) is 0 Å². The third-order valence-corrected chi connectivity index (χ3v) is 6.03. The average molecular weight is 371 g/mol. The Kier molecular flexibility index (Phi) is 13.0. The summed E-state index contributed by atoms with van der Waals surface area (Å²) in [6.07, 6.45) is 12.4. The molecule has 2 rings (SSSR count). The predicted octanol–water partition coefficient (Wildman–Crippen LogP) is 4.30. The van der Waals surface area contributed by atoms with Crippen LogP contribution in [0.3, 0.4) is 0 Å². The van der Waals surface area contributed by atoms with Crippen molar-refractivity contribution in [1.82, 2.24) is 15.1 Å². The highest BCUT2D eigenvalue weighted by atomic mass is 15.3. The summed E-state index contributed by atoms with van der Waals surface area (Å²) in [4.78, 5) is 4.26. The van der Waals surface area contributed by atoms with Gasteiger partial charge in [0.25, 0.3) is 0 Å². The Morgan fingerprint density at radius 3 is 2.12 bits per heavy atom. The zero-order valence-corrected chi connectivity index (χ0v) is 19.3. The molecule has 2 unspecified atom stereocenters. The van der Waals surface area contributed by atoms with E-state index in [0.717, 1.165) is 12.6 Å². The number of likely N-dealkylation sites (tertiary alicyclic amines) is 1. The lowest BCUT2D eigenvalue weighted by molar-refractivity contribution is -0.0218. The molecule has 0 bridgehead atoms. The van der Waals surface area contributed by atoms with Gasteiger partial charge in [-0.05, 0) is 85.7 Å². The topological polar surface area (TPSA) is 44.5 Å². The fourth-order valence-electron chi connectivity index (χ4n) is 3.57. The molecule has 0 spiro atoms. The van der Waals surface area contributed by atoms with Gasteiger partial charge in [0, 0.05) is 6.04 Å². The minimum absolute atomic E-state index is 0.134. The number of nitrogens with one attached hydrogen (secondary N) is 1. The summed E-state index contributed by atoms with van der Waals surface area (Å²) in [5, 5.41) is 3.58. The molecule has 0 radical (unpaired) electrons. The molecule has 158 valence electrons. The summed E-state index contributed by atoms with van der Waals surface area (Å²) in [7, 11) is 8.11. The van der Waals surface area contributed by atoms with Crippen LogP contribution in [0, 0.1) is 5.41 Å². The molecule has 0 aromatic rings. The van der Waals surface area contributed by atoms with Crippen molar-refractivity contribution in [3.8, 4) is 0 Å². The summed E-state index contributed by atoms with van der Waals surface area (Å²) in [5.74, 6) is 0. The van der Waals surface area contributed by atoms with Crippen LogP contribution in [0.25, 0.3) is 0 Å². The lowest BCUT2D eigenvalue weighted by Gasteiger charge is -2.51. The Hall–Kier alpha value is -0.160. The first-order valence-electron chi connectivity index (χ1n) is 10.9. The van der Waals surface area contributed by atoms with Crippen LogP contribution in [0.2, 0.25) is 0 Å². The third-order valence-electron chi connectivity index (χ3n) is 6.03. The normalized spacial score (nSPS) is 28.6.